The zero-order chi connectivity index (χ0) is 10.6. The molecule has 0 aliphatic carbocycles. The number of aliphatic imine (C=N–C) groups is 1. The molecule has 0 N–H and O–H groups in total. The smallest absolute Gasteiger partial charge is 0.118 e. The molecule has 0 unspecified atom stereocenters. The quantitative estimate of drug-likeness (QED) is 0.263. The molecule has 0 heterocycles. The highest BCUT2D eigenvalue weighted by atomic mass is 16.5. The molecule has 0 aromatic carbocycles. The Morgan fingerprint density at radius 1 is 1.43 bits per heavy atom. The minimum absolute atomic E-state index is 0.753. The third kappa shape index (κ3) is 7.35. The lowest BCUT2D eigenvalue weighted by Crippen LogP contribution is -1.79. The van der Waals surface area contributed by atoms with Gasteiger partial charge in [0.1, 0.15) is 5.76 Å². The van der Waals surface area contributed by atoms with Gasteiger partial charge in [0.25, 0.3) is 0 Å². The van der Waals surface area contributed by atoms with Gasteiger partial charge in [0, 0.05) is 12.8 Å². The van der Waals surface area contributed by atoms with Gasteiger partial charge < -0.3 is 4.74 Å². The van der Waals surface area contributed by atoms with Crippen molar-refractivity contribution in [1.29, 1.82) is 0 Å². The molecule has 0 aromatic heterocycles. The maximum atomic E-state index is 4.99. The Labute approximate surface area is 86.7 Å². The molecule has 0 aliphatic rings. The van der Waals surface area contributed by atoms with Crippen LogP contribution in [0.4, 0.5) is 0 Å². The van der Waals surface area contributed by atoms with Gasteiger partial charge in [0.2, 0.25) is 0 Å². The van der Waals surface area contributed by atoms with Crippen LogP contribution in [0.25, 0.3) is 0 Å². The Kier molecular flexibility index (Phi) is 8.86. The molecule has 0 atom stereocenters. The van der Waals surface area contributed by atoms with E-state index in [1.807, 2.05) is 24.4 Å². The summed E-state index contributed by atoms with van der Waals surface area (Å²) in [5.41, 5.74) is 0. The number of allylic oxidation sites excluding steroid dienone is 4. The predicted molar refractivity (Wildman–Crippen MR) is 62.7 cm³/mol. The van der Waals surface area contributed by atoms with E-state index < -0.39 is 0 Å². The van der Waals surface area contributed by atoms with E-state index >= 15 is 0 Å². The van der Waals surface area contributed by atoms with Gasteiger partial charge in [-0.25, -0.2) is 0 Å². The molecular formula is C12H19NO. The first kappa shape index (κ1) is 12.7. The molecular weight excluding hydrogens is 174 g/mol. The first-order valence-corrected chi connectivity index (χ1v) is 4.88. The summed E-state index contributed by atoms with van der Waals surface area (Å²) in [6.45, 7) is 6.67. The monoisotopic (exact) mass is 193 g/mol. The van der Waals surface area contributed by atoms with Crippen molar-refractivity contribution in [2.75, 3.05) is 13.7 Å². The van der Waals surface area contributed by atoms with Gasteiger partial charge in [-0.05, 0) is 24.6 Å². The molecule has 0 rings (SSSR count). The van der Waals surface area contributed by atoms with Crippen LogP contribution in [0.2, 0.25) is 0 Å². The number of nitrogens with zero attached hydrogens (tertiary/aromatic N) is 1. The van der Waals surface area contributed by atoms with Crippen molar-refractivity contribution in [2.24, 2.45) is 4.99 Å². The lowest BCUT2D eigenvalue weighted by Gasteiger charge is -1.94. The van der Waals surface area contributed by atoms with Crippen LogP contribution in [-0.2, 0) is 4.74 Å². The molecule has 2 nitrogen and oxygen atoms in total. The normalized spacial score (nSPS) is 12.6. The molecule has 0 bridgehead atoms. The Hall–Kier alpha value is -1.31. The van der Waals surface area contributed by atoms with E-state index in [0.29, 0.717) is 0 Å². The minimum Gasteiger partial charge on any atom is -0.497 e. The maximum Gasteiger partial charge on any atom is 0.118 e. The van der Waals surface area contributed by atoms with Crippen LogP contribution in [0.3, 0.4) is 0 Å². The molecule has 0 aliphatic heterocycles. The summed E-state index contributed by atoms with van der Waals surface area (Å²) in [4.78, 5) is 4.20. The average Bonchev–Trinajstić information content (AvgIpc) is 2.22. The lowest BCUT2D eigenvalue weighted by atomic mass is 10.3. The van der Waals surface area contributed by atoms with Crippen LogP contribution in [-0.4, -0.2) is 19.9 Å². The van der Waals surface area contributed by atoms with Crippen LogP contribution in [0.15, 0.2) is 41.6 Å². The van der Waals surface area contributed by atoms with Gasteiger partial charge in [-0.2, -0.15) is 0 Å². The topological polar surface area (TPSA) is 21.6 Å². The second-order valence-corrected chi connectivity index (χ2v) is 2.77. The number of ether oxygens (including phenoxy) is 1. The first-order chi connectivity index (χ1) is 6.85. The van der Waals surface area contributed by atoms with Gasteiger partial charge in [-0.15, -0.1) is 0 Å². The highest BCUT2D eigenvalue weighted by Gasteiger charge is 1.81. The van der Waals surface area contributed by atoms with Crippen molar-refractivity contribution in [3.8, 4) is 0 Å². The second-order valence-electron chi connectivity index (χ2n) is 2.77. The third-order valence-electron chi connectivity index (χ3n) is 1.64. The summed E-state index contributed by atoms with van der Waals surface area (Å²) in [5.74, 6) is 0.753. The Morgan fingerprint density at radius 3 is 2.79 bits per heavy atom. The number of hydrogen-bond acceptors (Lipinski definition) is 2. The van der Waals surface area contributed by atoms with Gasteiger partial charge in [-0.1, -0.05) is 26.0 Å². The Bertz CT molecular complexity index is 226. The lowest BCUT2D eigenvalue weighted by molar-refractivity contribution is 0.307. The Balaban J connectivity index is 3.76. The van der Waals surface area contributed by atoms with E-state index in [0.717, 1.165) is 18.7 Å². The highest BCUT2D eigenvalue weighted by Crippen LogP contribution is 1.95. The van der Waals surface area contributed by atoms with E-state index in [2.05, 4.69) is 18.5 Å². The van der Waals surface area contributed by atoms with Crippen molar-refractivity contribution in [3.05, 3.63) is 36.6 Å². The summed E-state index contributed by atoms with van der Waals surface area (Å²) in [5, 5.41) is 0. The molecule has 0 amide bonds. The number of methoxy groups -OCH3 is 1. The highest BCUT2D eigenvalue weighted by molar-refractivity contribution is 5.71. The molecule has 14 heavy (non-hydrogen) atoms. The maximum absolute atomic E-state index is 4.99. The van der Waals surface area contributed by atoms with Crippen LogP contribution >= 0.6 is 0 Å². The van der Waals surface area contributed by atoms with Crippen molar-refractivity contribution >= 4 is 6.21 Å². The first-order valence-electron chi connectivity index (χ1n) is 4.88. The molecule has 0 fully saturated rings. The van der Waals surface area contributed by atoms with E-state index in [9.17, 15) is 0 Å². The third-order valence-corrected chi connectivity index (χ3v) is 1.64. The van der Waals surface area contributed by atoms with Gasteiger partial charge in [-0.3, -0.25) is 4.99 Å². The largest absolute Gasteiger partial charge is 0.497 e. The average molecular weight is 193 g/mol. The summed E-state index contributed by atoms with van der Waals surface area (Å²) >= 11 is 0. The van der Waals surface area contributed by atoms with Gasteiger partial charge >= 0.3 is 0 Å². The zero-order valence-electron chi connectivity index (χ0n) is 9.07. The van der Waals surface area contributed by atoms with E-state index in [4.69, 9.17) is 4.74 Å². The number of rotatable bonds is 7. The van der Waals surface area contributed by atoms with Gasteiger partial charge in [0.15, 0.2) is 0 Å². The van der Waals surface area contributed by atoms with Crippen molar-refractivity contribution in [1.82, 2.24) is 0 Å². The summed E-state index contributed by atoms with van der Waals surface area (Å²) in [7, 11) is 1.62. The molecule has 0 aromatic rings. The van der Waals surface area contributed by atoms with Crippen molar-refractivity contribution in [3.63, 3.8) is 0 Å². The molecule has 0 saturated carbocycles. The van der Waals surface area contributed by atoms with Crippen LogP contribution in [0.5, 0.6) is 0 Å². The summed E-state index contributed by atoms with van der Waals surface area (Å²) in [6.07, 6.45) is 11.4. The summed E-state index contributed by atoms with van der Waals surface area (Å²) < 4.78 is 4.99. The molecule has 0 saturated heterocycles. The molecule has 78 valence electrons. The van der Waals surface area contributed by atoms with Crippen molar-refractivity contribution in [2.45, 2.75) is 19.8 Å². The minimum atomic E-state index is 0.753. The molecule has 0 spiro atoms. The number of unbranched alkanes of at least 4 members (excludes halogenated alkanes) is 1. The molecule has 2 heteroatoms. The van der Waals surface area contributed by atoms with Crippen LogP contribution < -0.4 is 0 Å². The molecule has 0 radical (unpaired) electrons. The predicted octanol–water partition coefficient (Wildman–Crippen LogP) is 3.13. The fourth-order valence-corrected chi connectivity index (χ4v) is 0.804. The van der Waals surface area contributed by atoms with Gasteiger partial charge in [0.05, 0.1) is 7.11 Å². The fraction of sp³-hybridized carbons (Fsp3) is 0.417. The Morgan fingerprint density at radius 2 is 2.21 bits per heavy atom. The van der Waals surface area contributed by atoms with Crippen LogP contribution in [0, 0.1) is 0 Å². The summed E-state index contributed by atoms with van der Waals surface area (Å²) in [6, 6.07) is 0. The van der Waals surface area contributed by atoms with E-state index in [1.54, 1.807) is 13.2 Å². The van der Waals surface area contributed by atoms with E-state index in [1.165, 1.54) is 6.42 Å². The zero-order valence-corrected chi connectivity index (χ0v) is 9.07. The fourth-order valence-electron chi connectivity index (χ4n) is 0.804. The van der Waals surface area contributed by atoms with E-state index in [-0.39, 0.29) is 0 Å². The number of hydrogen-bond donors (Lipinski definition) is 0. The second kappa shape index (κ2) is 9.78. The van der Waals surface area contributed by atoms with Crippen LogP contribution in [0.1, 0.15) is 19.8 Å². The standard InChI is InChI=1S/C12H19NO/c1-4-6-10-13-11-8-7-9-12(5-2)14-3/h5,7-9,11H,2,4,6,10H2,1,3H3/b8-7+,12-9+,13-11?. The van der Waals surface area contributed by atoms with Crippen molar-refractivity contribution < 1.29 is 4.74 Å². The SMILES string of the molecule is C=C/C(=C\C=C\C=NCCCC)OC.